The van der Waals surface area contributed by atoms with Gasteiger partial charge in [0.2, 0.25) is 0 Å². The van der Waals surface area contributed by atoms with Gasteiger partial charge in [0.05, 0.1) is 18.0 Å². The lowest BCUT2D eigenvalue weighted by Gasteiger charge is -2.33. The van der Waals surface area contributed by atoms with E-state index in [0.29, 0.717) is 0 Å². The molecule has 0 spiro atoms. The number of halogens is 5. The maximum absolute atomic E-state index is 14.0. The van der Waals surface area contributed by atoms with Crippen molar-refractivity contribution in [2.24, 2.45) is 5.92 Å². The van der Waals surface area contributed by atoms with E-state index in [2.05, 4.69) is 0 Å². The van der Waals surface area contributed by atoms with Crippen LogP contribution in [-0.2, 0) is 0 Å². The molecule has 3 fully saturated rings. The van der Waals surface area contributed by atoms with Crippen LogP contribution in [0.4, 0.5) is 26.7 Å². The molecule has 2 saturated heterocycles. The zero-order valence-corrected chi connectivity index (χ0v) is 11.5. The monoisotopic (exact) mass is 334 g/mol. The maximum atomic E-state index is 14.0. The van der Waals surface area contributed by atoms with Crippen LogP contribution < -0.4 is 4.74 Å². The Morgan fingerprint density at radius 3 is 2.43 bits per heavy atom. The molecular formula is C14H11F5N2O2. The summed E-state index contributed by atoms with van der Waals surface area (Å²) in [6.45, 7) is 0. The number of carbonyl (C=O) groups excluding carboxylic acids is 1. The second kappa shape index (κ2) is 4.34. The quantitative estimate of drug-likeness (QED) is 0.450. The first-order valence-corrected chi connectivity index (χ1v) is 7.02. The molecule has 0 aromatic heterocycles. The lowest BCUT2D eigenvalue weighted by atomic mass is 10.1. The maximum Gasteiger partial charge on any atom is 0.464 e. The minimum atomic E-state index is -5.13. The molecular weight excluding hydrogens is 323 g/mol. The molecule has 4 nitrogen and oxygen atoms in total. The second-order valence-electron chi connectivity index (χ2n) is 5.90. The highest BCUT2D eigenvalue weighted by atomic mass is 19.4. The predicted molar refractivity (Wildman–Crippen MR) is 66.6 cm³/mol. The Kier molecular flexibility index (Phi) is 2.77. The summed E-state index contributed by atoms with van der Waals surface area (Å²) in [4.78, 5) is 12.3. The molecule has 1 aromatic rings. The summed E-state index contributed by atoms with van der Waals surface area (Å²) in [6.07, 6.45) is -6.29. The molecule has 1 amide bonds. The summed E-state index contributed by atoms with van der Waals surface area (Å²) in [6, 6.07) is 0.789. The van der Waals surface area contributed by atoms with Crippen molar-refractivity contribution < 1.29 is 31.5 Å². The summed E-state index contributed by atoms with van der Waals surface area (Å²) in [5.74, 6) is -1.29. The number of benzene rings is 1. The van der Waals surface area contributed by atoms with E-state index in [0.717, 1.165) is 4.90 Å². The van der Waals surface area contributed by atoms with E-state index in [1.54, 1.807) is 18.2 Å². The normalized spacial score (nSPS) is 34.4. The highest BCUT2D eigenvalue weighted by Crippen LogP contribution is 2.63. The van der Waals surface area contributed by atoms with Crippen LogP contribution in [0.25, 0.3) is 0 Å². The third kappa shape index (κ3) is 1.95. The summed E-state index contributed by atoms with van der Waals surface area (Å²) in [5.41, 5.74) is 0. The van der Waals surface area contributed by atoms with Gasteiger partial charge in [0.1, 0.15) is 5.75 Å². The molecule has 2 bridgehead atoms. The molecule has 0 unspecified atom stereocenters. The number of rotatable bonds is 1. The van der Waals surface area contributed by atoms with Gasteiger partial charge < -0.3 is 4.74 Å². The van der Waals surface area contributed by atoms with Crippen LogP contribution in [0.5, 0.6) is 5.75 Å². The largest absolute Gasteiger partial charge is 0.464 e. The fraction of sp³-hybridized carbons (Fsp3) is 0.500. The van der Waals surface area contributed by atoms with E-state index in [4.69, 9.17) is 4.74 Å². The Morgan fingerprint density at radius 2 is 1.83 bits per heavy atom. The highest BCUT2D eigenvalue weighted by molar-refractivity contribution is 5.75. The van der Waals surface area contributed by atoms with Crippen molar-refractivity contribution in [3.63, 3.8) is 0 Å². The number of alkyl halides is 5. The van der Waals surface area contributed by atoms with Gasteiger partial charge in [-0.25, -0.2) is 4.79 Å². The first-order valence-electron chi connectivity index (χ1n) is 7.02. The van der Waals surface area contributed by atoms with Gasteiger partial charge in [-0.15, -0.1) is 4.90 Å². The molecule has 23 heavy (non-hydrogen) atoms. The molecule has 1 aromatic carbocycles. The van der Waals surface area contributed by atoms with Gasteiger partial charge in [-0.05, 0) is 18.6 Å². The molecule has 0 N–H and O–H groups in total. The van der Waals surface area contributed by atoms with Crippen molar-refractivity contribution in [3.8, 4) is 5.75 Å². The average Bonchev–Trinajstić information content (AvgIpc) is 2.98. The summed E-state index contributed by atoms with van der Waals surface area (Å²) in [5, 5.41) is 0. The Hall–Kier alpha value is -1.90. The third-order valence-electron chi connectivity index (χ3n) is 4.74. The van der Waals surface area contributed by atoms with Gasteiger partial charge in [0.25, 0.3) is 0 Å². The molecule has 2 heterocycles. The van der Waals surface area contributed by atoms with Gasteiger partial charge in [0, 0.05) is 6.04 Å². The first kappa shape index (κ1) is 14.7. The van der Waals surface area contributed by atoms with Gasteiger partial charge >= 0.3 is 18.4 Å². The number of hydrogen-bond donors (Lipinski definition) is 0. The smallest absolute Gasteiger partial charge is 0.410 e. The van der Waals surface area contributed by atoms with Crippen molar-refractivity contribution in [2.75, 3.05) is 0 Å². The van der Waals surface area contributed by atoms with Crippen LogP contribution >= 0.6 is 0 Å². The Bertz CT molecular complexity index is 650. The molecule has 124 valence electrons. The van der Waals surface area contributed by atoms with Crippen LogP contribution in [0.2, 0.25) is 0 Å². The van der Waals surface area contributed by atoms with E-state index in [9.17, 15) is 26.7 Å². The molecule has 9 heteroatoms. The van der Waals surface area contributed by atoms with Gasteiger partial charge in [-0.1, -0.05) is 18.2 Å². The van der Waals surface area contributed by atoms with Crippen molar-refractivity contribution >= 4 is 6.09 Å². The number of hydrogen-bond acceptors (Lipinski definition) is 3. The second-order valence-corrected chi connectivity index (χ2v) is 5.90. The van der Waals surface area contributed by atoms with E-state index < -0.39 is 47.4 Å². The number of piperidine rings is 2. The van der Waals surface area contributed by atoms with Crippen LogP contribution in [0.15, 0.2) is 30.3 Å². The zero-order valence-electron chi connectivity index (χ0n) is 11.5. The van der Waals surface area contributed by atoms with Crippen molar-refractivity contribution in [1.82, 2.24) is 9.80 Å². The van der Waals surface area contributed by atoms with E-state index in [1.165, 1.54) is 12.1 Å². The van der Waals surface area contributed by atoms with E-state index in [-0.39, 0.29) is 12.2 Å². The van der Waals surface area contributed by atoms with Crippen LogP contribution in [0, 0.1) is 5.92 Å². The minimum Gasteiger partial charge on any atom is -0.410 e. The van der Waals surface area contributed by atoms with Crippen molar-refractivity contribution in [1.29, 1.82) is 0 Å². The average molecular weight is 334 g/mol. The van der Waals surface area contributed by atoms with Crippen molar-refractivity contribution in [3.05, 3.63) is 30.3 Å². The SMILES string of the molecule is O=C(Oc1ccccc1)N1[C@@H]2[C@@H]1[C@H]1C[C@H]2N(C(F)(F)F)C1(F)F. The molecule has 1 aliphatic carbocycles. The molecule has 0 radical (unpaired) electrons. The summed E-state index contributed by atoms with van der Waals surface area (Å²) >= 11 is 0. The van der Waals surface area contributed by atoms with Crippen molar-refractivity contribution in [2.45, 2.75) is 36.9 Å². The topological polar surface area (TPSA) is 32.6 Å². The highest BCUT2D eigenvalue weighted by Gasteiger charge is 2.82. The third-order valence-corrected chi connectivity index (χ3v) is 4.74. The number of fused-ring (bicyclic) bond motifs is 5. The molecule has 2 aliphatic heterocycles. The number of carbonyl (C=O) groups is 1. The summed E-state index contributed by atoms with van der Waals surface area (Å²) < 4.78 is 71.6. The lowest BCUT2D eigenvalue weighted by molar-refractivity contribution is -0.339. The van der Waals surface area contributed by atoms with Crippen LogP contribution in [-0.4, -0.2) is 46.4 Å². The number of para-hydroxylation sites is 1. The number of likely N-dealkylation sites (tertiary alicyclic amines) is 2. The fourth-order valence-electron chi connectivity index (χ4n) is 3.90. The van der Waals surface area contributed by atoms with E-state index >= 15 is 0 Å². The standard InChI is InChI=1S/C14H11F5N2O2/c15-13(16)8-6-9(21(13)14(17,18)19)11-10(8)20(11)12(22)23-7-4-2-1-3-5-7/h1-5,8-11H,6H2/t8-,9-,10+,11+,20?/m1/s1. The predicted octanol–water partition coefficient (Wildman–Crippen LogP) is 3.05. The molecule has 4 rings (SSSR count). The van der Waals surface area contributed by atoms with Crippen LogP contribution in [0.3, 0.4) is 0 Å². The summed E-state index contributed by atoms with van der Waals surface area (Å²) in [7, 11) is 0. The van der Waals surface area contributed by atoms with E-state index in [1.807, 2.05) is 0 Å². The number of amides is 1. The van der Waals surface area contributed by atoms with Gasteiger partial charge in [0.15, 0.2) is 0 Å². The Labute approximate surface area is 127 Å². The first-order chi connectivity index (χ1) is 10.7. The molecule has 1 saturated carbocycles. The molecule has 4 atom stereocenters. The van der Waals surface area contributed by atoms with Gasteiger partial charge in [-0.2, -0.15) is 22.0 Å². The lowest BCUT2D eigenvalue weighted by Crippen LogP contribution is -2.56. The van der Waals surface area contributed by atoms with Crippen LogP contribution in [0.1, 0.15) is 6.42 Å². The fourth-order valence-corrected chi connectivity index (χ4v) is 3.90. The zero-order chi connectivity index (χ0) is 16.6. The number of nitrogens with zero attached hydrogens (tertiary/aromatic N) is 2. The van der Waals surface area contributed by atoms with Gasteiger partial charge in [-0.3, -0.25) is 4.90 Å². The minimum absolute atomic E-state index is 0.217. The Balaban J connectivity index is 1.54. The molecule has 3 aliphatic rings. The number of ether oxygens (including phenoxy) is 1. The Morgan fingerprint density at radius 1 is 1.17 bits per heavy atom.